The van der Waals surface area contributed by atoms with Crippen molar-refractivity contribution in [1.29, 1.82) is 0 Å². The van der Waals surface area contributed by atoms with Crippen molar-refractivity contribution < 1.29 is 13.2 Å². The lowest BCUT2D eigenvalue weighted by Gasteiger charge is -2.10. The normalized spacial score (nSPS) is 12.0. The molecule has 8 heteroatoms. The van der Waals surface area contributed by atoms with Crippen LogP contribution in [0.5, 0.6) is 0 Å². The van der Waals surface area contributed by atoms with Gasteiger partial charge in [-0.1, -0.05) is 29.8 Å². The van der Waals surface area contributed by atoms with Crippen LogP contribution in [-0.2, 0) is 6.18 Å². The third-order valence-electron chi connectivity index (χ3n) is 2.70. The third-order valence-corrected chi connectivity index (χ3v) is 2.91. The van der Waals surface area contributed by atoms with Crippen molar-refractivity contribution in [2.45, 2.75) is 6.18 Å². The maximum atomic E-state index is 13.0. The lowest BCUT2D eigenvalue weighted by Crippen LogP contribution is -2.08. The van der Waals surface area contributed by atoms with Crippen LogP contribution in [-0.4, -0.2) is 19.8 Å². The summed E-state index contributed by atoms with van der Waals surface area (Å²) in [6, 6.07) is 8.14. The summed E-state index contributed by atoms with van der Waals surface area (Å²) in [7, 11) is 0. The van der Waals surface area contributed by atoms with Crippen LogP contribution in [0.1, 0.15) is 5.56 Å². The monoisotopic (exact) mass is 298 g/mol. The minimum absolute atomic E-state index is 0.00424. The summed E-state index contributed by atoms with van der Waals surface area (Å²) >= 11 is 5.75. The van der Waals surface area contributed by atoms with Gasteiger partial charge in [-0.25, -0.2) is 0 Å². The number of fused-ring (bicyclic) bond motifs is 1. The van der Waals surface area contributed by atoms with Gasteiger partial charge in [-0.2, -0.15) is 22.8 Å². The molecule has 0 aliphatic carbocycles. The maximum Gasteiger partial charge on any atom is 0.417 e. The lowest BCUT2D eigenvalue weighted by molar-refractivity contribution is -0.137. The Labute approximate surface area is 115 Å². The first-order valence-corrected chi connectivity index (χ1v) is 5.89. The second-order valence-corrected chi connectivity index (χ2v) is 4.38. The molecule has 2 aromatic heterocycles. The Morgan fingerprint density at radius 3 is 2.50 bits per heavy atom. The Kier molecular flexibility index (Phi) is 2.86. The van der Waals surface area contributed by atoms with E-state index in [0.717, 1.165) is 6.07 Å². The Bertz CT molecular complexity index is 782. The van der Waals surface area contributed by atoms with Gasteiger partial charge in [0.2, 0.25) is 0 Å². The van der Waals surface area contributed by atoms with E-state index < -0.39 is 11.7 Å². The van der Waals surface area contributed by atoms with E-state index in [9.17, 15) is 13.2 Å². The molecule has 102 valence electrons. The van der Waals surface area contributed by atoms with E-state index in [1.807, 2.05) is 0 Å². The molecule has 0 N–H and O–H groups in total. The fourth-order valence-corrected chi connectivity index (χ4v) is 2.00. The number of aromatic nitrogens is 4. The Hall–Kier alpha value is -2.15. The minimum atomic E-state index is -4.49. The number of halogens is 4. The van der Waals surface area contributed by atoms with Gasteiger partial charge in [-0.05, 0) is 18.2 Å². The topological polar surface area (TPSA) is 43.1 Å². The molecule has 0 spiro atoms. The molecule has 0 saturated carbocycles. The molecule has 0 unspecified atom stereocenters. The molecule has 2 heterocycles. The first kappa shape index (κ1) is 12.9. The number of alkyl halides is 3. The highest BCUT2D eigenvalue weighted by Crippen LogP contribution is 2.36. The van der Waals surface area contributed by atoms with E-state index in [1.165, 1.54) is 34.8 Å². The van der Waals surface area contributed by atoms with Gasteiger partial charge in [0, 0.05) is 5.56 Å². The molecule has 0 aliphatic heterocycles. The lowest BCUT2D eigenvalue weighted by atomic mass is 10.1. The van der Waals surface area contributed by atoms with Crippen LogP contribution in [0, 0.1) is 0 Å². The van der Waals surface area contributed by atoms with Crippen molar-refractivity contribution in [1.82, 2.24) is 19.8 Å². The standard InChI is InChI=1S/C12H6ClF3N4/c13-9-5-6-10-17-18-11(20(10)19-9)7-3-1-2-4-8(7)12(14,15)16/h1-6H. The molecule has 20 heavy (non-hydrogen) atoms. The van der Waals surface area contributed by atoms with Gasteiger partial charge in [-0.15, -0.1) is 10.2 Å². The van der Waals surface area contributed by atoms with E-state index in [0.29, 0.717) is 5.65 Å². The summed E-state index contributed by atoms with van der Waals surface area (Å²) in [6.45, 7) is 0. The van der Waals surface area contributed by atoms with Gasteiger partial charge in [0.1, 0.15) is 5.15 Å². The molecule has 0 atom stereocenters. The highest BCUT2D eigenvalue weighted by atomic mass is 35.5. The van der Waals surface area contributed by atoms with Gasteiger partial charge in [0.25, 0.3) is 0 Å². The van der Waals surface area contributed by atoms with Crippen molar-refractivity contribution in [3.8, 4) is 11.4 Å². The second-order valence-electron chi connectivity index (χ2n) is 3.99. The molecule has 4 nitrogen and oxygen atoms in total. The van der Waals surface area contributed by atoms with Gasteiger partial charge in [0.05, 0.1) is 5.56 Å². The Morgan fingerprint density at radius 1 is 1.00 bits per heavy atom. The molecular weight excluding hydrogens is 293 g/mol. The van der Waals surface area contributed by atoms with E-state index in [1.54, 1.807) is 0 Å². The summed E-state index contributed by atoms with van der Waals surface area (Å²) in [4.78, 5) is 0. The van der Waals surface area contributed by atoms with Crippen molar-refractivity contribution in [2.24, 2.45) is 0 Å². The van der Waals surface area contributed by atoms with Crippen LogP contribution in [0.25, 0.3) is 17.0 Å². The average molecular weight is 299 g/mol. The number of benzene rings is 1. The average Bonchev–Trinajstić information content (AvgIpc) is 2.80. The zero-order valence-corrected chi connectivity index (χ0v) is 10.5. The molecule has 0 aliphatic rings. The van der Waals surface area contributed by atoms with Crippen LogP contribution in [0.15, 0.2) is 36.4 Å². The fourth-order valence-electron chi connectivity index (χ4n) is 1.86. The van der Waals surface area contributed by atoms with Crippen LogP contribution in [0.2, 0.25) is 5.15 Å². The predicted molar refractivity (Wildman–Crippen MR) is 66.2 cm³/mol. The number of hydrogen-bond acceptors (Lipinski definition) is 3. The first-order chi connectivity index (χ1) is 9.47. The first-order valence-electron chi connectivity index (χ1n) is 5.51. The quantitative estimate of drug-likeness (QED) is 0.691. The highest BCUT2D eigenvalue weighted by molar-refractivity contribution is 6.29. The predicted octanol–water partition coefficient (Wildman–Crippen LogP) is 3.46. The SMILES string of the molecule is FC(F)(F)c1ccccc1-c1nnc2ccc(Cl)nn12. The van der Waals surface area contributed by atoms with Crippen LogP contribution < -0.4 is 0 Å². The summed E-state index contributed by atoms with van der Waals surface area (Å²) in [6.07, 6.45) is -4.49. The molecule has 0 radical (unpaired) electrons. The maximum absolute atomic E-state index is 13.0. The molecule has 0 amide bonds. The van der Waals surface area contributed by atoms with Gasteiger partial charge >= 0.3 is 6.18 Å². The van der Waals surface area contributed by atoms with E-state index in [2.05, 4.69) is 15.3 Å². The van der Waals surface area contributed by atoms with Crippen LogP contribution >= 0.6 is 11.6 Å². The molecular formula is C12H6ClF3N4. The molecule has 3 rings (SSSR count). The van der Waals surface area contributed by atoms with Crippen LogP contribution in [0.3, 0.4) is 0 Å². The molecule has 3 aromatic rings. The van der Waals surface area contributed by atoms with Crippen molar-refractivity contribution >= 4 is 17.2 Å². The van der Waals surface area contributed by atoms with Gasteiger partial charge in [-0.3, -0.25) is 0 Å². The summed E-state index contributed by atoms with van der Waals surface area (Å²) in [5, 5.41) is 11.6. The van der Waals surface area contributed by atoms with Crippen molar-refractivity contribution in [3.63, 3.8) is 0 Å². The van der Waals surface area contributed by atoms with Crippen molar-refractivity contribution in [3.05, 3.63) is 47.1 Å². The van der Waals surface area contributed by atoms with Gasteiger partial charge < -0.3 is 0 Å². The summed E-state index contributed by atoms with van der Waals surface area (Å²) in [5.41, 5.74) is -0.570. The fraction of sp³-hybridized carbons (Fsp3) is 0.0833. The smallest absolute Gasteiger partial charge is 0.191 e. The molecule has 0 bridgehead atoms. The minimum Gasteiger partial charge on any atom is -0.191 e. The Balaban J connectivity index is 2.29. The number of hydrogen-bond donors (Lipinski definition) is 0. The number of rotatable bonds is 1. The van der Waals surface area contributed by atoms with E-state index in [-0.39, 0.29) is 16.5 Å². The highest BCUT2D eigenvalue weighted by Gasteiger charge is 2.34. The molecule has 0 fully saturated rings. The van der Waals surface area contributed by atoms with E-state index >= 15 is 0 Å². The van der Waals surface area contributed by atoms with Crippen molar-refractivity contribution in [2.75, 3.05) is 0 Å². The zero-order valence-electron chi connectivity index (χ0n) is 9.76. The van der Waals surface area contributed by atoms with Gasteiger partial charge in [0.15, 0.2) is 11.5 Å². The molecule has 1 aromatic carbocycles. The van der Waals surface area contributed by atoms with Crippen LogP contribution in [0.4, 0.5) is 13.2 Å². The van der Waals surface area contributed by atoms with E-state index in [4.69, 9.17) is 11.6 Å². The zero-order chi connectivity index (χ0) is 14.3. The Morgan fingerprint density at radius 2 is 1.75 bits per heavy atom. The summed E-state index contributed by atoms with van der Waals surface area (Å²) < 4.78 is 40.2. The molecule has 0 saturated heterocycles. The summed E-state index contributed by atoms with van der Waals surface area (Å²) in [5.74, 6) is -0.00424. The number of nitrogens with zero attached hydrogens (tertiary/aromatic N) is 4. The second kappa shape index (κ2) is 4.45. The third kappa shape index (κ3) is 2.09. The largest absolute Gasteiger partial charge is 0.417 e.